The summed E-state index contributed by atoms with van der Waals surface area (Å²) in [6.45, 7) is 3.73. The minimum Gasteiger partial charge on any atom is -0.389 e. The van der Waals surface area contributed by atoms with E-state index in [2.05, 4.69) is 9.97 Å². The third-order valence-corrected chi connectivity index (χ3v) is 5.81. The van der Waals surface area contributed by atoms with Crippen LogP contribution in [0.2, 0.25) is 0 Å². The van der Waals surface area contributed by atoms with Gasteiger partial charge in [0.15, 0.2) is 0 Å². The zero-order valence-corrected chi connectivity index (χ0v) is 14.4. The first kappa shape index (κ1) is 17.2. The van der Waals surface area contributed by atoms with Gasteiger partial charge in [0, 0.05) is 22.6 Å². The van der Waals surface area contributed by atoms with E-state index in [0.29, 0.717) is 35.7 Å². The van der Waals surface area contributed by atoms with E-state index in [4.69, 9.17) is 10.2 Å². The smallest absolute Gasteiger partial charge is 0.133 e. The molecule has 0 saturated heterocycles. The van der Waals surface area contributed by atoms with E-state index in [9.17, 15) is 4.79 Å². The fourth-order valence-corrected chi connectivity index (χ4v) is 4.06. The lowest BCUT2D eigenvalue weighted by Gasteiger charge is -2.00. The highest BCUT2D eigenvalue weighted by Crippen LogP contribution is 2.22. The summed E-state index contributed by atoms with van der Waals surface area (Å²) in [5.74, 6) is 0.219. The molecular formula is C15H20N2O3S2. The van der Waals surface area contributed by atoms with E-state index in [0.717, 1.165) is 21.1 Å². The molecule has 7 heteroatoms. The minimum absolute atomic E-state index is 0.0443. The van der Waals surface area contributed by atoms with Crippen LogP contribution in [0, 0.1) is 13.8 Å². The number of hydrogen-bond acceptors (Lipinski definition) is 7. The molecule has 0 aliphatic rings. The number of aryl methyl sites for hydroxylation is 4. The maximum absolute atomic E-state index is 12.0. The van der Waals surface area contributed by atoms with Crippen molar-refractivity contribution in [3.8, 4) is 0 Å². The first-order valence-electron chi connectivity index (χ1n) is 7.17. The van der Waals surface area contributed by atoms with Crippen molar-refractivity contribution in [2.75, 3.05) is 0 Å². The van der Waals surface area contributed by atoms with Crippen LogP contribution in [-0.2, 0) is 30.8 Å². The minimum atomic E-state index is -0.0443. The number of nitrogens with zero attached hydrogens (tertiary/aromatic N) is 2. The molecule has 0 saturated carbocycles. The molecule has 120 valence electrons. The Morgan fingerprint density at radius 2 is 1.32 bits per heavy atom. The molecule has 22 heavy (non-hydrogen) atoms. The van der Waals surface area contributed by atoms with E-state index >= 15 is 0 Å². The Bertz CT molecular complexity index is 595. The zero-order chi connectivity index (χ0) is 16.1. The van der Waals surface area contributed by atoms with E-state index in [1.54, 1.807) is 0 Å². The van der Waals surface area contributed by atoms with Crippen molar-refractivity contribution in [1.29, 1.82) is 0 Å². The molecule has 0 radical (unpaired) electrons. The van der Waals surface area contributed by atoms with Crippen molar-refractivity contribution < 1.29 is 15.0 Å². The predicted molar refractivity (Wildman–Crippen MR) is 87.2 cm³/mol. The molecule has 0 spiro atoms. The van der Waals surface area contributed by atoms with E-state index in [1.807, 2.05) is 13.8 Å². The van der Waals surface area contributed by atoms with Gasteiger partial charge in [0.05, 0.1) is 24.6 Å². The lowest BCUT2D eigenvalue weighted by Crippen LogP contribution is -2.02. The van der Waals surface area contributed by atoms with E-state index in [-0.39, 0.29) is 19.0 Å². The van der Waals surface area contributed by atoms with E-state index < -0.39 is 0 Å². The summed E-state index contributed by atoms with van der Waals surface area (Å²) >= 11 is 2.95. The largest absolute Gasteiger partial charge is 0.389 e. The molecular weight excluding hydrogens is 320 g/mol. The van der Waals surface area contributed by atoms with Gasteiger partial charge in [0.1, 0.15) is 15.8 Å². The standard InChI is InChI=1S/C15H20N2O3S2/c1-9-12(21-14(7-18)16-9)5-3-11(20)4-6-13-10(2)17-15(8-19)22-13/h18-19H,3-8H2,1-2H3. The van der Waals surface area contributed by atoms with E-state index in [1.165, 1.54) is 22.7 Å². The number of Topliss-reactive ketones (excluding diaryl/α,β-unsaturated/α-hetero) is 1. The Balaban J connectivity index is 1.82. The monoisotopic (exact) mass is 340 g/mol. The van der Waals surface area contributed by atoms with Gasteiger partial charge in [-0.15, -0.1) is 22.7 Å². The molecule has 0 aliphatic carbocycles. The number of aliphatic hydroxyl groups excluding tert-OH is 2. The molecule has 2 aromatic heterocycles. The Hall–Kier alpha value is -1.15. The summed E-state index contributed by atoms with van der Waals surface area (Å²) in [7, 11) is 0. The summed E-state index contributed by atoms with van der Waals surface area (Å²) in [6.07, 6.45) is 2.37. The molecule has 0 aromatic carbocycles. The maximum atomic E-state index is 12.0. The summed E-state index contributed by atoms with van der Waals surface area (Å²) in [6, 6.07) is 0. The molecule has 0 atom stereocenters. The highest BCUT2D eigenvalue weighted by atomic mass is 32.1. The fourth-order valence-electron chi connectivity index (χ4n) is 2.21. The molecule has 0 amide bonds. The third kappa shape index (κ3) is 4.42. The van der Waals surface area contributed by atoms with Crippen molar-refractivity contribution in [1.82, 2.24) is 9.97 Å². The highest BCUT2D eigenvalue weighted by Gasteiger charge is 2.12. The van der Waals surface area contributed by atoms with Crippen molar-refractivity contribution in [3.05, 3.63) is 31.2 Å². The number of aliphatic hydroxyl groups is 2. The second-order valence-corrected chi connectivity index (χ2v) is 7.42. The molecule has 2 heterocycles. The normalized spacial score (nSPS) is 11.1. The van der Waals surface area contributed by atoms with Crippen LogP contribution < -0.4 is 0 Å². The third-order valence-electron chi connectivity index (χ3n) is 3.41. The Morgan fingerprint density at radius 1 is 0.909 bits per heavy atom. The summed E-state index contributed by atoms with van der Waals surface area (Å²) in [4.78, 5) is 22.7. The molecule has 5 nitrogen and oxygen atoms in total. The first-order valence-corrected chi connectivity index (χ1v) is 8.80. The number of aromatic nitrogens is 2. The van der Waals surface area contributed by atoms with Gasteiger partial charge in [0.25, 0.3) is 0 Å². The summed E-state index contributed by atoms with van der Waals surface area (Å²) in [5, 5.41) is 19.6. The van der Waals surface area contributed by atoms with Gasteiger partial charge in [-0.1, -0.05) is 0 Å². The second kappa shape index (κ2) is 7.92. The van der Waals surface area contributed by atoms with Gasteiger partial charge in [-0.3, -0.25) is 4.79 Å². The highest BCUT2D eigenvalue weighted by molar-refractivity contribution is 7.12. The van der Waals surface area contributed by atoms with Crippen LogP contribution in [0.15, 0.2) is 0 Å². The molecule has 0 fully saturated rings. The van der Waals surface area contributed by atoms with Crippen LogP contribution in [0.4, 0.5) is 0 Å². The number of carbonyl (C=O) groups is 1. The van der Waals surface area contributed by atoms with Crippen LogP contribution in [0.3, 0.4) is 0 Å². The fraction of sp³-hybridized carbons (Fsp3) is 0.533. The topological polar surface area (TPSA) is 83.3 Å². The van der Waals surface area contributed by atoms with Crippen molar-refractivity contribution in [2.45, 2.75) is 52.7 Å². The number of hydrogen-bond donors (Lipinski definition) is 2. The molecule has 0 aliphatic heterocycles. The van der Waals surface area contributed by atoms with Crippen molar-refractivity contribution in [2.24, 2.45) is 0 Å². The Morgan fingerprint density at radius 3 is 1.64 bits per heavy atom. The molecule has 2 rings (SSSR count). The van der Waals surface area contributed by atoms with Crippen molar-refractivity contribution >= 4 is 28.5 Å². The lowest BCUT2D eigenvalue weighted by atomic mass is 10.1. The number of carbonyl (C=O) groups excluding carboxylic acids is 1. The number of rotatable bonds is 8. The average molecular weight is 340 g/mol. The van der Waals surface area contributed by atoms with Crippen LogP contribution >= 0.6 is 22.7 Å². The molecule has 0 unspecified atom stereocenters. The van der Waals surface area contributed by atoms with Crippen LogP contribution in [0.25, 0.3) is 0 Å². The van der Waals surface area contributed by atoms with Crippen LogP contribution in [0.1, 0.15) is 44.0 Å². The SMILES string of the molecule is Cc1nc(CO)sc1CCC(=O)CCc1sc(CO)nc1C. The molecule has 0 bridgehead atoms. The lowest BCUT2D eigenvalue weighted by molar-refractivity contribution is -0.119. The van der Waals surface area contributed by atoms with Crippen LogP contribution in [0.5, 0.6) is 0 Å². The summed E-state index contributed by atoms with van der Waals surface area (Å²) in [5.41, 5.74) is 1.82. The molecule has 2 N–H and O–H groups in total. The zero-order valence-electron chi connectivity index (χ0n) is 12.8. The average Bonchev–Trinajstić information content (AvgIpc) is 3.05. The molecule has 2 aromatic rings. The Kier molecular flexibility index (Phi) is 6.19. The number of ketones is 1. The van der Waals surface area contributed by atoms with Gasteiger partial charge in [-0.2, -0.15) is 0 Å². The first-order chi connectivity index (χ1) is 10.5. The van der Waals surface area contributed by atoms with Crippen molar-refractivity contribution in [3.63, 3.8) is 0 Å². The van der Waals surface area contributed by atoms with Gasteiger partial charge in [-0.25, -0.2) is 9.97 Å². The quantitative estimate of drug-likeness (QED) is 0.770. The number of thiazole rings is 2. The van der Waals surface area contributed by atoms with Gasteiger partial charge in [-0.05, 0) is 26.7 Å². The summed E-state index contributed by atoms with van der Waals surface area (Å²) < 4.78 is 0. The van der Waals surface area contributed by atoms with Gasteiger partial charge < -0.3 is 10.2 Å². The predicted octanol–water partition coefficient (Wildman–Crippen LogP) is 2.34. The van der Waals surface area contributed by atoms with Gasteiger partial charge in [0.2, 0.25) is 0 Å². The Labute approximate surface area is 137 Å². The maximum Gasteiger partial charge on any atom is 0.133 e. The second-order valence-electron chi connectivity index (χ2n) is 5.09. The van der Waals surface area contributed by atoms with Gasteiger partial charge >= 0.3 is 0 Å². The van der Waals surface area contributed by atoms with Crippen LogP contribution in [-0.4, -0.2) is 26.0 Å².